The van der Waals surface area contributed by atoms with Crippen LogP contribution in [-0.4, -0.2) is 11.1 Å². The van der Waals surface area contributed by atoms with Crippen LogP contribution in [0.5, 0.6) is 0 Å². The fourth-order valence-corrected chi connectivity index (χ4v) is 2.06. The third-order valence-corrected chi connectivity index (χ3v) is 3.09. The molecule has 2 heteroatoms. The van der Waals surface area contributed by atoms with Gasteiger partial charge in [0.1, 0.15) is 0 Å². The van der Waals surface area contributed by atoms with Gasteiger partial charge in [0.15, 0.2) is 0 Å². The second-order valence-corrected chi connectivity index (χ2v) is 5.61. The lowest BCUT2D eigenvalue weighted by Gasteiger charge is -2.21. The normalized spacial score (nSPS) is 11.7. The number of unbranched alkanes of at least 4 members (excludes halogenated alkanes) is 6. The molecule has 0 unspecified atom stereocenters. The Morgan fingerprint density at radius 2 is 1.50 bits per heavy atom. The van der Waals surface area contributed by atoms with Gasteiger partial charge in [0, 0.05) is 0 Å². The highest BCUT2D eigenvalue weighted by atomic mass is 16.4. The van der Waals surface area contributed by atoms with Crippen LogP contribution in [0, 0.1) is 5.41 Å². The van der Waals surface area contributed by atoms with Crippen LogP contribution < -0.4 is 0 Å². The summed E-state index contributed by atoms with van der Waals surface area (Å²) in [7, 11) is 0. The zero-order valence-corrected chi connectivity index (χ0v) is 11.2. The largest absolute Gasteiger partial charge is 0.481 e. The van der Waals surface area contributed by atoms with Crippen molar-refractivity contribution in [3.05, 3.63) is 0 Å². The van der Waals surface area contributed by atoms with E-state index in [1.807, 2.05) is 0 Å². The molecule has 0 bridgehead atoms. The Hall–Kier alpha value is -0.530. The van der Waals surface area contributed by atoms with Gasteiger partial charge in [-0.15, -0.1) is 0 Å². The molecule has 2 nitrogen and oxygen atoms in total. The monoisotopic (exact) mass is 228 g/mol. The Labute approximate surface area is 100 Å². The van der Waals surface area contributed by atoms with Gasteiger partial charge in [-0.1, -0.05) is 65.7 Å². The highest BCUT2D eigenvalue weighted by Gasteiger charge is 2.20. The molecular weight excluding hydrogens is 200 g/mol. The first kappa shape index (κ1) is 15.5. The van der Waals surface area contributed by atoms with Gasteiger partial charge in [-0.25, -0.2) is 0 Å². The molecule has 0 saturated heterocycles. The van der Waals surface area contributed by atoms with E-state index in [4.69, 9.17) is 5.11 Å². The number of rotatable bonds is 10. The van der Waals surface area contributed by atoms with Crippen molar-refractivity contribution < 1.29 is 9.90 Å². The molecule has 0 aliphatic carbocycles. The Kier molecular flexibility index (Phi) is 8.32. The van der Waals surface area contributed by atoms with Crippen molar-refractivity contribution in [3.8, 4) is 0 Å². The van der Waals surface area contributed by atoms with E-state index in [2.05, 4.69) is 20.8 Å². The topological polar surface area (TPSA) is 37.3 Å². The molecular formula is C14H28O2. The van der Waals surface area contributed by atoms with Gasteiger partial charge in [-0.05, 0) is 11.8 Å². The van der Waals surface area contributed by atoms with Crippen LogP contribution in [-0.2, 0) is 4.79 Å². The van der Waals surface area contributed by atoms with Gasteiger partial charge < -0.3 is 5.11 Å². The highest BCUT2D eigenvalue weighted by molar-refractivity contribution is 5.67. The lowest BCUT2D eigenvalue weighted by Crippen LogP contribution is -2.16. The van der Waals surface area contributed by atoms with Crippen LogP contribution >= 0.6 is 0 Å². The first-order valence-corrected chi connectivity index (χ1v) is 6.70. The van der Waals surface area contributed by atoms with Gasteiger partial charge >= 0.3 is 5.97 Å². The highest BCUT2D eigenvalue weighted by Crippen LogP contribution is 2.27. The first-order chi connectivity index (χ1) is 7.48. The quantitative estimate of drug-likeness (QED) is 0.554. The average molecular weight is 228 g/mol. The maximum Gasteiger partial charge on any atom is 0.303 e. The minimum Gasteiger partial charge on any atom is -0.481 e. The SMILES string of the molecule is CCCCCCCCCC(C)(C)CC(=O)O. The summed E-state index contributed by atoms with van der Waals surface area (Å²) in [5.41, 5.74) is -0.0325. The minimum absolute atomic E-state index is 0.0325. The van der Waals surface area contributed by atoms with Crippen molar-refractivity contribution in [2.24, 2.45) is 5.41 Å². The number of hydrogen-bond acceptors (Lipinski definition) is 1. The van der Waals surface area contributed by atoms with Crippen molar-refractivity contribution in [2.45, 2.75) is 78.6 Å². The molecule has 0 aromatic heterocycles. The number of aliphatic carboxylic acids is 1. The van der Waals surface area contributed by atoms with E-state index < -0.39 is 5.97 Å². The smallest absolute Gasteiger partial charge is 0.303 e. The summed E-state index contributed by atoms with van der Waals surface area (Å²) in [5.74, 6) is -0.673. The molecule has 0 aromatic carbocycles. The number of carboxylic acids is 1. The molecule has 0 heterocycles. The van der Waals surface area contributed by atoms with Crippen LogP contribution in [0.3, 0.4) is 0 Å². The van der Waals surface area contributed by atoms with Crippen LogP contribution in [0.4, 0.5) is 0 Å². The lowest BCUT2D eigenvalue weighted by molar-refractivity contribution is -0.139. The summed E-state index contributed by atoms with van der Waals surface area (Å²) in [5, 5.41) is 8.75. The van der Waals surface area contributed by atoms with E-state index in [-0.39, 0.29) is 5.41 Å². The maximum absolute atomic E-state index is 10.6. The number of carboxylic acid groups (broad SMARTS) is 1. The van der Waals surface area contributed by atoms with Crippen molar-refractivity contribution in [1.82, 2.24) is 0 Å². The molecule has 0 rings (SSSR count). The molecule has 0 aliphatic heterocycles. The van der Waals surface area contributed by atoms with E-state index in [0.717, 1.165) is 6.42 Å². The zero-order valence-electron chi connectivity index (χ0n) is 11.2. The van der Waals surface area contributed by atoms with E-state index in [1.54, 1.807) is 0 Å². The molecule has 0 atom stereocenters. The lowest BCUT2D eigenvalue weighted by atomic mass is 9.83. The molecule has 0 aromatic rings. The van der Waals surface area contributed by atoms with Gasteiger partial charge in [0.2, 0.25) is 0 Å². The Morgan fingerprint density at radius 1 is 1.00 bits per heavy atom. The maximum atomic E-state index is 10.6. The minimum atomic E-state index is -0.673. The molecule has 0 saturated carbocycles. The van der Waals surface area contributed by atoms with Crippen LogP contribution in [0.1, 0.15) is 78.6 Å². The van der Waals surface area contributed by atoms with E-state index in [0.29, 0.717) is 6.42 Å². The molecule has 16 heavy (non-hydrogen) atoms. The van der Waals surface area contributed by atoms with Gasteiger partial charge in [0.05, 0.1) is 6.42 Å². The van der Waals surface area contributed by atoms with E-state index >= 15 is 0 Å². The molecule has 0 aliphatic rings. The summed E-state index contributed by atoms with van der Waals surface area (Å²) in [6, 6.07) is 0. The second-order valence-electron chi connectivity index (χ2n) is 5.61. The summed E-state index contributed by atoms with van der Waals surface area (Å²) in [6.07, 6.45) is 10.4. The Bertz CT molecular complexity index is 185. The summed E-state index contributed by atoms with van der Waals surface area (Å²) in [6.45, 7) is 6.34. The molecule has 0 fully saturated rings. The fraction of sp³-hybridized carbons (Fsp3) is 0.929. The third kappa shape index (κ3) is 10.0. The molecule has 1 N–H and O–H groups in total. The van der Waals surface area contributed by atoms with Crippen molar-refractivity contribution in [3.63, 3.8) is 0 Å². The van der Waals surface area contributed by atoms with Crippen molar-refractivity contribution in [1.29, 1.82) is 0 Å². The average Bonchev–Trinajstić information content (AvgIpc) is 2.14. The van der Waals surface area contributed by atoms with Gasteiger partial charge in [0.25, 0.3) is 0 Å². The van der Waals surface area contributed by atoms with Gasteiger partial charge in [-0.2, -0.15) is 0 Å². The fourth-order valence-electron chi connectivity index (χ4n) is 2.06. The van der Waals surface area contributed by atoms with E-state index in [1.165, 1.54) is 44.9 Å². The summed E-state index contributed by atoms with van der Waals surface area (Å²) >= 11 is 0. The molecule has 96 valence electrons. The van der Waals surface area contributed by atoms with Gasteiger partial charge in [-0.3, -0.25) is 4.79 Å². The summed E-state index contributed by atoms with van der Waals surface area (Å²) in [4.78, 5) is 10.6. The van der Waals surface area contributed by atoms with E-state index in [9.17, 15) is 4.79 Å². The zero-order chi connectivity index (χ0) is 12.4. The van der Waals surface area contributed by atoms with Crippen molar-refractivity contribution >= 4 is 5.97 Å². The van der Waals surface area contributed by atoms with Crippen LogP contribution in [0.15, 0.2) is 0 Å². The Morgan fingerprint density at radius 3 is 2.00 bits per heavy atom. The molecule has 0 amide bonds. The second kappa shape index (κ2) is 8.60. The molecule has 0 spiro atoms. The predicted molar refractivity (Wildman–Crippen MR) is 68.6 cm³/mol. The van der Waals surface area contributed by atoms with Crippen LogP contribution in [0.25, 0.3) is 0 Å². The standard InChI is InChI=1S/C14H28O2/c1-4-5-6-7-8-9-10-11-14(2,3)12-13(15)16/h4-12H2,1-3H3,(H,15,16). The molecule has 0 radical (unpaired) electrons. The summed E-state index contributed by atoms with van der Waals surface area (Å²) < 4.78 is 0. The predicted octanol–water partition coefficient (Wildman–Crippen LogP) is 4.63. The first-order valence-electron chi connectivity index (χ1n) is 6.70. The van der Waals surface area contributed by atoms with Crippen molar-refractivity contribution in [2.75, 3.05) is 0 Å². The third-order valence-electron chi connectivity index (χ3n) is 3.09. The number of hydrogen-bond donors (Lipinski definition) is 1. The number of carbonyl (C=O) groups is 1. The Balaban J connectivity index is 3.39. The van der Waals surface area contributed by atoms with Crippen LogP contribution in [0.2, 0.25) is 0 Å².